The van der Waals surface area contributed by atoms with Gasteiger partial charge >= 0.3 is 11.7 Å². The lowest BCUT2D eigenvalue weighted by molar-refractivity contribution is -0.385. The third kappa shape index (κ3) is 3.80. The Balaban J connectivity index is 3.07. The predicted octanol–water partition coefficient (Wildman–Crippen LogP) is 2.74. The second-order valence-corrected chi connectivity index (χ2v) is 3.92. The minimum atomic E-state index is -1.03. The Morgan fingerprint density at radius 1 is 1.58 bits per heavy atom. The van der Waals surface area contributed by atoms with Gasteiger partial charge in [-0.2, -0.15) is 0 Å². The number of hydrogen-bond acceptors (Lipinski definition) is 4. The van der Waals surface area contributed by atoms with E-state index in [1.165, 1.54) is 25.1 Å². The van der Waals surface area contributed by atoms with Gasteiger partial charge in [-0.05, 0) is 25.5 Å². The van der Waals surface area contributed by atoms with Crippen molar-refractivity contribution in [3.05, 3.63) is 46.0 Å². The van der Waals surface area contributed by atoms with Crippen LogP contribution in [0.4, 0.5) is 5.69 Å². The lowest BCUT2D eigenvalue weighted by Gasteiger charge is -2.09. The lowest BCUT2D eigenvalue weighted by atomic mass is 10.0. The van der Waals surface area contributed by atoms with E-state index < -0.39 is 16.8 Å². The smallest absolute Gasteiger partial charge is 0.311 e. The fourth-order valence-corrected chi connectivity index (χ4v) is 1.45. The van der Waals surface area contributed by atoms with E-state index in [9.17, 15) is 14.9 Å². The summed E-state index contributed by atoms with van der Waals surface area (Å²) in [4.78, 5) is 21.2. The maximum Gasteiger partial charge on any atom is 0.311 e. The number of hydrogen-bond donors (Lipinski definition) is 1. The van der Waals surface area contributed by atoms with E-state index in [1.54, 1.807) is 12.2 Å². The second kappa shape index (κ2) is 6.53. The molecule has 1 N–H and O–H groups in total. The second-order valence-electron chi connectivity index (χ2n) is 3.92. The molecule has 1 rings (SSSR count). The summed E-state index contributed by atoms with van der Waals surface area (Å²) in [5.41, 5.74) is 0.146. The molecule has 0 bridgehead atoms. The molecule has 1 aromatic carbocycles. The van der Waals surface area contributed by atoms with Crippen LogP contribution < -0.4 is 4.74 Å². The molecule has 1 aromatic rings. The van der Waals surface area contributed by atoms with Crippen LogP contribution in [0.5, 0.6) is 5.75 Å². The molecule has 0 aliphatic heterocycles. The van der Waals surface area contributed by atoms with Gasteiger partial charge in [0, 0.05) is 6.07 Å². The summed E-state index contributed by atoms with van der Waals surface area (Å²) < 4.78 is 5.26. The number of carboxylic acids is 1. The molecule has 1 unspecified atom stereocenters. The van der Waals surface area contributed by atoms with Crippen molar-refractivity contribution in [2.75, 3.05) is 6.61 Å². The molecule has 0 saturated heterocycles. The van der Waals surface area contributed by atoms with E-state index in [2.05, 4.69) is 0 Å². The fourth-order valence-electron chi connectivity index (χ4n) is 1.45. The van der Waals surface area contributed by atoms with Crippen LogP contribution in [0.15, 0.2) is 30.4 Å². The largest absolute Gasteiger partial charge is 0.483 e. The summed E-state index contributed by atoms with van der Waals surface area (Å²) in [5, 5.41) is 19.9. The number of aliphatic carboxylic acids is 1. The molecule has 6 nitrogen and oxygen atoms in total. The molecule has 6 heteroatoms. The number of ether oxygens (including phenoxy) is 1. The molecule has 0 saturated carbocycles. The molecule has 19 heavy (non-hydrogen) atoms. The molecule has 0 fully saturated rings. The maximum atomic E-state index is 11.0. The highest BCUT2D eigenvalue weighted by atomic mass is 16.6. The van der Waals surface area contributed by atoms with Crippen molar-refractivity contribution in [2.45, 2.75) is 19.8 Å². The minimum absolute atomic E-state index is 0.129. The van der Waals surface area contributed by atoms with Crippen LogP contribution in [0.2, 0.25) is 0 Å². The summed E-state index contributed by atoms with van der Waals surface area (Å²) in [6.07, 6.45) is 3.49. The highest BCUT2D eigenvalue weighted by Crippen LogP contribution is 2.30. The molecular formula is C13H15NO5. The van der Waals surface area contributed by atoms with Crippen molar-refractivity contribution in [1.29, 1.82) is 0 Å². The van der Waals surface area contributed by atoms with Gasteiger partial charge in [-0.3, -0.25) is 14.9 Å². The van der Waals surface area contributed by atoms with E-state index in [4.69, 9.17) is 9.84 Å². The highest BCUT2D eigenvalue weighted by Gasteiger charge is 2.21. The van der Waals surface area contributed by atoms with Crippen LogP contribution in [0.3, 0.4) is 0 Å². The number of allylic oxidation sites excluding steroid dienone is 1. The Morgan fingerprint density at radius 3 is 2.79 bits per heavy atom. The summed E-state index contributed by atoms with van der Waals surface area (Å²) in [5.74, 6) is -1.70. The first-order valence-electron chi connectivity index (χ1n) is 5.72. The normalized spacial score (nSPS) is 12.3. The number of nitro groups is 1. The zero-order valence-corrected chi connectivity index (χ0v) is 10.7. The first-order chi connectivity index (χ1) is 8.97. The average Bonchev–Trinajstić information content (AvgIpc) is 2.38. The summed E-state index contributed by atoms with van der Waals surface area (Å²) in [6, 6.07) is 4.19. The molecule has 0 spiro atoms. The number of rotatable bonds is 6. The Kier molecular flexibility index (Phi) is 5.05. The fraction of sp³-hybridized carbons (Fsp3) is 0.308. The predicted molar refractivity (Wildman–Crippen MR) is 69.5 cm³/mol. The van der Waals surface area contributed by atoms with Crippen LogP contribution in [0.25, 0.3) is 0 Å². The topological polar surface area (TPSA) is 89.7 Å². The van der Waals surface area contributed by atoms with Crippen LogP contribution in [0, 0.1) is 10.1 Å². The van der Waals surface area contributed by atoms with Crippen LogP contribution in [-0.2, 0) is 4.79 Å². The van der Waals surface area contributed by atoms with Crippen molar-refractivity contribution in [1.82, 2.24) is 0 Å². The van der Waals surface area contributed by atoms with Gasteiger partial charge in [0.25, 0.3) is 0 Å². The third-order valence-corrected chi connectivity index (χ3v) is 2.62. The van der Waals surface area contributed by atoms with Gasteiger partial charge in [0.15, 0.2) is 5.75 Å². The zero-order chi connectivity index (χ0) is 14.4. The summed E-state index contributed by atoms with van der Waals surface area (Å²) in [7, 11) is 0. The van der Waals surface area contributed by atoms with Crippen molar-refractivity contribution in [2.24, 2.45) is 0 Å². The first-order valence-corrected chi connectivity index (χ1v) is 5.72. The number of carbonyl (C=O) groups is 1. The van der Waals surface area contributed by atoms with Crippen LogP contribution in [0.1, 0.15) is 25.3 Å². The molecule has 0 aliphatic rings. The van der Waals surface area contributed by atoms with Crippen LogP contribution in [-0.4, -0.2) is 22.6 Å². The van der Waals surface area contributed by atoms with E-state index in [1.807, 2.05) is 6.92 Å². The van der Waals surface area contributed by atoms with E-state index in [0.717, 1.165) is 0 Å². The molecule has 0 aromatic heterocycles. The monoisotopic (exact) mass is 265 g/mol. The molecule has 1 atom stereocenters. The van der Waals surface area contributed by atoms with Crippen molar-refractivity contribution < 1.29 is 19.6 Å². The summed E-state index contributed by atoms with van der Waals surface area (Å²) >= 11 is 0. The van der Waals surface area contributed by atoms with Gasteiger partial charge < -0.3 is 9.84 Å². The van der Waals surface area contributed by atoms with Gasteiger partial charge in [0.1, 0.15) is 6.61 Å². The molecule has 0 amide bonds. The van der Waals surface area contributed by atoms with Crippen molar-refractivity contribution >= 4 is 11.7 Å². The number of carboxylic acid groups (broad SMARTS) is 1. The van der Waals surface area contributed by atoms with E-state index >= 15 is 0 Å². The quantitative estimate of drug-likeness (QED) is 0.485. The van der Waals surface area contributed by atoms with Gasteiger partial charge in [-0.15, -0.1) is 0 Å². The van der Waals surface area contributed by atoms with Gasteiger partial charge in [0.2, 0.25) is 0 Å². The van der Waals surface area contributed by atoms with Crippen LogP contribution >= 0.6 is 0 Å². The Hall–Kier alpha value is -2.37. The van der Waals surface area contributed by atoms with E-state index in [0.29, 0.717) is 5.56 Å². The zero-order valence-electron chi connectivity index (χ0n) is 10.7. The minimum Gasteiger partial charge on any atom is -0.483 e. The number of benzene rings is 1. The maximum absolute atomic E-state index is 11.0. The summed E-state index contributed by atoms with van der Waals surface area (Å²) in [6.45, 7) is 3.52. The molecule has 0 aliphatic carbocycles. The average molecular weight is 265 g/mol. The first kappa shape index (κ1) is 14.7. The lowest BCUT2D eigenvalue weighted by Crippen LogP contribution is -2.08. The van der Waals surface area contributed by atoms with Gasteiger partial charge in [0.05, 0.1) is 10.8 Å². The number of nitro benzene ring substituents is 1. The molecule has 0 heterocycles. The number of nitrogens with zero attached hydrogens (tertiary/aromatic N) is 1. The van der Waals surface area contributed by atoms with Gasteiger partial charge in [-0.1, -0.05) is 18.2 Å². The molecular weight excluding hydrogens is 250 g/mol. The Morgan fingerprint density at radius 2 is 2.26 bits per heavy atom. The molecule has 0 radical (unpaired) electrons. The van der Waals surface area contributed by atoms with Crippen molar-refractivity contribution in [3.63, 3.8) is 0 Å². The molecule has 102 valence electrons. The Bertz CT molecular complexity index is 510. The standard InChI is InChI=1S/C13H15NO5/c1-3-4-7-19-12-6-5-10(9(2)13(15)16)8-11(12)14(17)18/h3-6,8-9H,7H2,1-2H3,(H,15,16). The highest BCUT2D eigenvalue weighted by molar-refractivity contribution is 5.76. The van der Waals surface area contributed by atoms with E-state index in [-0.39, 0.29) is 18.0 Å². The van der Waals surface area contributed by atoms with Gasteiger partial charge in [-0.25, -0.2) is 0 Å². The SMILES string of the molecule is CC=CCOc1ccc(C(C)C(=O)O)cc1[N+](=O)[O-]. The Labute approximate surface area is 110 Å². The van der Waals surface area contributed by atoms with Crippen molar-refractivity contribution in [3.8, 4) is 5.75 Å². The third-order valence-electron chi connectivity index (χ3n) is 2.62.